The maximum absolute atomic E-state index is 6.20. The third-order valence-corrected chi connectivity index (χ3v) is 6.04. The molecule has 114 valence electrons. The van der Waals surface area contributed by atoms with Gasteiger partial charge >= 0.3 is 0 Å². The van der Waals surface area contributed by atoms with Gasteiger partial charge in [0.1, 0.15) is 10.8 Å². The highest BCUT2D eigenvalue weighted by Gasteiger charge is 2.14. The van der Waals surface area contributed by atoms with Gasteiger partial charge in [0, 0.05) is 23.0 Å². The van der Waals surface area contributed by atoms with Crippen LogP contribution < -0.4 is 5.73 Å². The molecule has 0 saturated heterocycles. The third kappa shape index (κ3) is 3.32. The Morgan fingerprint density at radius 3 is 2.91 bits per heavy atom. The second-order valence-corrected chi connectivity index (χ2v) is 8.02. The summed E-state index contributed by atoms with van der Waals surface area (Å²) in [5.41, 5.74) is 6.77. The van der Waals surface area contributed by atoms with E-state index in [2.05, 4.69) is 21.9 Å². The first kappa shape index (κ1) is 15.9. The van der Waals surface area contributed by atoms with E-state index in [9.17, 15) is 0 Å². The number of nitrogen functional groups attached to an aromatic ring is 1. The van der Waals surface area contributed by atoms with E-state index in [4.69, 9.17) is 17.3 Å². The summed E-state index contributed by atoms with van der Waals surface area (Å²) in [6.07, 6.45) is 3.83. The van der Waals surface area contributed by atoms with Crippen LogP contribution in [0.4, 0.5) is 5.82 Å². The van der Waals surface area contributed by atoms with Gasteiger partial charge in [-0.1, -0.05) is 23.4 Å². The number of nitrogens with two attached hydrogens (primary N) is 1. The van der Waals surface area contributed by atoms with Crippen LogP contribution in [0.2, 0.25) is 5.02 Å². The van der Waals surface area contributed by atoms with Crippen LogP contribution >= 0.6 is 46.5 Å². The fraction of sp³-hybridized carbons (Fsp3) is 0.214. The summed E-state index contributed by atoms with van der Waals surface area (Å²) in [5.74, 6) is 0.485. The van der Waals surface area contributed by atoms with E-state index in [1.54, 1.807) is 29.2 Å². The van der Waals surface area contributed by atoms with E-state index < -0.39 is 0 Å². The normalized spacial score (nSPS) is 12.7. The molecule has 0 aliphatic carbocycles. The molecule has 0 saturated carbocycles. The predicted molar refractivity (Wildman–Crippen MR) is 97.1 cm³/mol. The zero-order chi connectivity index (χ0) is 15.7. The minimum atomic E-state index is 0.108. The van der Waals surface area contributed by atoms with Crippen molar-refractivity contribution >= 4 is 62.4 Å². The molecule has 0 fully saturated rings. The summed E-state index contributed by atoms with van der Waals surface area (Å²) < 4.78 is 1.09. The van der Waals surface area contributed by atoms with Gasteiger partial charge in [-0.25, -0.2) is 9.97 Å². The fourth-order valence-electron chi connectivity index (χ4n) is 1.94. The van der Waals surface area contributed by atoms with Crippen LogP contribution in [0.3, 0.4) is 0 Å². The summed E-state index contributed by atoms with van der Waals surface area (Å²) in [6, 6.07) is 3.81. The SMILES string of the molecule is CSc1cc(N)nc(SC(C)c2cc3c(Cl)csc3cn2)n1. The molecule has 1 unspecified atom stereocenters. The van der Waals surface area contributed by atoms with Crippen molar-refractivity contribution in [2.45, 2.75) is 22.4 Å². The lowest BCUT2D eigenvalue weighted by Gasteiger charge is -2.10. The Morgan fingerprint density at radius 1 is 1.32 bits per heavy atom. The summed E-state index contributed by atoms with van der Waals surface area (Å²) in [7, 11) is 0. The second kappa shape index (κ2) is 6.62. The van der Waals surface area contributed by atoms with Crippen molar-refractivity contribution in [3.05, 3.63) is 34.4 Å². The lowest BCUT2D eigenvalue weighted by atomic mass is 10.2. The Kier molecular flexibility index (Phi) is 4.77. The Balaban J connectivity index is 1.87. The minimum absolute atomic E-state index is 0.108. The molecule has 3 heterocycles. The number of pyridine rings is 1. The van der Waals surface area contributed by atoms with Crippen molar-refractivity contribution in [3.8, 4) is 0 Å². The Hall–Kier alpha value is -1.02. The maximum atomic E-state index is 6.20. The molecule has 2 N–H and O–H groups in total. The first-order valence-electron chi connectivity index (χ1n) is 6.44. The van der Waals surface area contributed by atoms with Gasteiger partial charge in [-0.05, 0) is 19.2 Å². The van der Waals surface area contributed by atoms with Crippen LogP contribution in [0.15, 0.2) is 33.9 Å². The van der Waals surface area contributed by atoms with E-state index >= 15 is 0 Å². The van der Waals surface area contributed by atoms with Gasteiger partial charge in [-0.3, -0.25) is 4.98 Å². The zero-order valence-corrected chi connectivity index (χ0v) is 15.1. The quantitative estimate of drug-likeness (QED) is 0.401. The number of aromatic nitrogens is 3. The van der Waals surface area contributed by atoms with Gasteiger partial charge in [-0.2, -0.15) is 0 Å². The average molecular weight is 369 g/mol. The van der Waals surface area contributed by atoms with Crippen LogP contribution in [0.25, 0.3) is 10.1 Å². The van der Waals surface area contributed by atoms with Gasteiger partial charge in [0.05, 0.1) is 20.7 Å². The number of thioether (sulfide) groups is 2. The average Bonchev–Trinajstić information content (AvgIpc) is 2.87. The number of fused-ring (bicyclic) bond motifs is 1. The molecule has 3 aromatic rings. The molecule has 4 nitrogen and oxygen atoms in total. The highest BCUT2D eigenvalue weighted by atomic mass is 35.5. The van der Waals surface area contributed by atoms with E-state index in [-0.39, 0.29) is 5.25 Å². The van der Waals surface area contributed by atoms with Gasteiger partial charge in [0.15, 0.2) is 5.16 Å². The molecule has 8 heteroatoms. The number of halogens is 1. The van der Waals surface area contributed by atoms with Crippen molar-refractivity contribution in [3.63, 3.8) is 0 Å². The van der Waals surface area contributed by atoms with Crippen molar-refractivity contribution in [2.75, 3.05) is 12.0 Å². The third-order valence-electron chi connectivity index (χ3n) is 3.04. The number of thiophene rings is 1. The Labute approximate surface area is 145 Å². The van der Waals surface area contributed by atoms with Gasteiger partial charge in [-0.15, -0.1) is 23.1 Å². The standard InChI is InChI=1S/C14H13ClN4S3/c1-7(22-14-18-12(16)4-13(19-14)20-2)10-3-8-9(15)6-21-11(8)5-17-10/h3-7H,1-2H3,(H2,16,18,19). The van der Waals surface area contributed by atoms with E-state index in [0.29, 0.717) is 11.0 Å². The van der Waals surface area contributed by atoms with Crippen LogP contribution in [0.1, 0.15) is 17.9 Å². The molecule has 22 heavy (non-hydrogen) atoms. The number of hydrogen-bond acceptors (Lipinski definition) is 7. The molecule has 0 amide bonds. The van der Waals surface area contributed by atoms with Gasteiger partial charge in [0.2, 0.25) is 0 Å². The number of nitrogens with zero attached hydrogens (tertiary/aromatic N) is 3. The largest absolute Gasteiger partial charge is 0.384 e. The molecule has 1 atom stereocenters. The van der Waals surface area contributed by atoms with E-state index in [0.717, 1.165) is 25.8 Å². The number of hydrogen-bond donors (Lipinski definition) is 1. The van der Waals surface area contributed by atoms with E-state index in [1.807, 2.05) is 23.9 Å². The molecule has 0 spiro atoms. The first-order valence-corrected chi connectivity index (χ1v) is 9.81. The Bertz CT molecular complexity index is 821. The highest BCUT2D eigenvalue weighted by molar-refractivity contribution is 7.99. The Morgan fingerprint density at radius 2 is 2.14 bits per heavy atom. The van der Waals surface area contributed by atoms with Crippen LogP contribution in [0.5, 0.6) is 0 Å². The first-order chi connectivity index (χ1) is 10.6. The highest BCUT2D eigenvalue weighted by Crippen LogP contribution is 2.36. The molecule has 3 rings (SSSR count). The molecular weight excluding hydrogens is 356 g/mol. The summed E-state index contributed by atoms with van der Waals surface area (Å²) in [6.45, 7) is 2.07. The smallest absolute Gasteiger partial charge is 0.191 e. The van der Waals surface area contributed by atoms with E-state index in [1.165, 1.54) is 11.8 Å². The lowest BCUT2D eigenvalue weighted by Crippen LogP contribution is -1.99. The molecule has 0 radical (unpaired) electrons. The molecule has 0 bridgehead atoms. The lowest BCUT2D eigenvalue weighted by molar-refractivity contribution is 0.889. The molecule has 0 aromatic carbocycles. The van der Waals surface area contributed by atoms with Crippen LogP contribution in [0, 0.1) is 0 Å². The zero-order valence-electron chi connectivity index (χ0n) is 11.9. The maximum Gasteiger partial charge on any atom is 0.191 e. The number of rotatable bonds is 4. The van der Waals surface area contributed by atoms with Crippen molar-refractivity contribution in [2.24, 2.45) is 0 Å². The van der Waals surface area contributed by atoms with Crippen molar-refractivity contribution in [1.82, 2.24) is 15.0 Å². The molecule has 3 aromatic heterocycles. The molecule has 0 aliphatic rings. The van der Waals surface area contributed by atoms with Gasteiger partial charge < -0.3 is 5.73 Å². The van der Waals surface area contributed by atoms with Gasteiger partial charge in [0.25, 0.3) is 0 Å². The van der Waals surface area contributed by atoms with Crippen LogP contribution in [-0.2, 0) is 0 Å². The van der Waals surface area contributed by atoms with Crippen molar-refractivity contribution < 1.29 is 0 Å². The fourth-order valence-corrected chi connectivity index (χ4v) is 4.40. The van der Waals surface area contributed by atoms with Crippen LogP contribution in [-0.4, -0.2) is 21.2 Å². The predicted octanol–water partition coefficient (Wildman–Crippen LogP) is 4.90. The number of anilines is 1. The monoisotopic (exact) mass is 368 g/mol. The second-order valence-electron chi connectivity index (χ2n) is 4.57. The summed E-state index contributed by atoms with van der Waals surface area (Å²) >= 11 is 10.9. The minimum Gasteiger partial charge on any atom is -0.384 e. The summed E-state index contributed by atoms with van der Waals surface area (Å²) in [4.78, 5) is 13.3. The summed E-state index contributed by atoms with van der Waals surface area (Å²) in [5, 5.41) is 5.38. The molecular formula is C14H13ClN4S3. The van der Waals surface area contributed by atoms with Crippen molar-refractivity contribution in [1.29, 1.82) is 0 Å². The topological polar surface area (TPSA) is 64.7 Å². The molecule has 0 aliphatic heterocycles.